The van der Waals surface area contributed by atoms with Crippen LogP contribution < -0.4 is 5.73 Å². The molecule has 1 saturated heterocycles. The van der Waals surface area contributed by atoms with Crippen LogP contribution in [0.2, 0.25) is 0 Å². The van der Waals surface area contributed by atoms with Gasteiger partial charge in [-0.1, -0.05) is 25.0 Å². The highest BCUT2D eigenvalue weighted by atomic mass is 19.1. The van der Waals surface area contributed by atoms with Gasteiger partial charge in [0.15, 0.2) is 0 Å². The maximum atomic E-state index is 13.5. The summed E-state index contributed by atoms with van der Waals surface area (Å²) in [5.41, 5.74) is 6.43. The molecule has 0 spiro atoms. The number of aliphatic hydroxyl groups is 1. The van der Waals surface area contributed by atoms with E-state index in [2.05, 4.69) is 4.90 Å². The van der Waals surface area contributed by atoms with Crippen LogP contribution in [0.5, 0.6) is 0 Å². The molecule has 1 saturated carbocycles. The van der Waals surface area contributed by atoms with Crippen molar-refractivity contribution in [2.75, 3.05) is 19.6 Å². The highest BCUT2D eigenvalue weighted by molar-refractivity contribution is 5.21. The average Bonchev–Trinajstić information content (AvgIpc) is 2.48. The topological polar surface area (TPSA) is 49.5 Å². The van der Waals surface area contributed by atoms with Crippen molar-refractivity contribution >= 4 is 0 Å². The van der Waals surface area contributed by atoms with E-state index in [0.717, 1.165) is 44.3 Å². The zero-order valence-corrected chi connectivity index (χ0v) is 12.5. The Bertz CT molecular complexity index is 495. The standard InChI is InChI=1S/C17H25FN2O/c18-15-6-3-4-13(10-15)16(11-19)20-9-8-17(21)7-2-1-5-14(17)12-20/h3-4,6,10,14,16,21H,1-2,5,7-9,11-12,19H2. The van der Waals surface area contributed by atoms with Gasteiger partial charge in [-0.25, -0.2) is 4.39 Å². The fourth-order valence-electron chi connectivity index (χ4n) is 4.09. The molecule has 0 aromatic heterocycles. The van der Waals surface area contributed by atoms with Crippen LogP contribution in [0.25, 0.3) is 0 Å². The Balaban J connectivity index is 1.76. The van der Waals surface area contributed by atoms with E-state index >= 15 is 0 Å². The van der Waals surface area contributed by atoms with Gasteiger partial charge in [-0.15, -0.1) is 0 Å². The molecule has 1 aromatic rings. The van der Waals surface area contributed by atoms with Crippen molar-refractivity contribution in [3.05, 3.63) is 35.6 Å². The van der Waals surface area contributed by atoms with E-state index in [1.165, 1.54) is 12.5 Å². The molecule has 1 aliphatic carbocycles. The molecule has 2 aliphatic rings. The van der Waals surface area contributed by atoms with Gasteiger partial charge in [-0.2, -0.15) is 0 Å². The minimum absolute atomic E-state index is 0.0483. The lowest BCUT2D eigenvalue weighted by atomic mass is 9.71. The predicted octanol–water partition coefficient (Wildman–Crippen LogP) is 2.45. The maximum Gasteiger partial charge on any atom is 0.123 e. The van der Waals surface area contributed by atoms with Crippen LogP contribution in [0.1, 0.15) is 43.7 Å². The molecule has 4 heteroatoms. The smallest absolute Gasteiger partial charge is 0.123 e. The Kier molecular flexibility index (Phi) is 4.29. The molecule has 0 bridgehead atoms. The average molecular weight is 292 g/mol. The Morgan fingerprint density at radius 2 is 2.24 bits per heavy atom. The molecule has 0 amide bonds. The molecule has 1 aliphatic heterocycles. The molecule has 2 fully saturated rings. The molecule has 3 rings (SSSR count). The normalized spacial score (nSPS) is 31.7. The van der Waals surface area contributed by atoms with Gasteiger partial charge in [0, 0.05) is 31.6 Å². The molecule has 3 nitrogen and oxygen atoms in total. The Labute approximate surface area is 125 Å². The van der Waals surface area contributed by atoms with Gasteiger partial charge in [0.1, 0.15) is 5.82 Å². The third kappa shape index (κ3) is 2.98. The number of rotatable bonds is 3. The second-order valence-corrected chi connectivity index (χ2v) is 6.60. The van der Waals surface area contributed by atoms with Crippen molar-refractivity contribution in [1.82, 2.24) is 4.90 Å². The van der Waals surface area contributed by atoms with Crippen molar-refractivity contribution in [1.29, 1.82) is 0 Å². The number of nitrogens with zero attached hydrogens (tertiary/aromatic N) is 1. The third-order valence-electron chi connectivity index (χ3n) is 5.36. The zero-order chi connectivity index (χ0) is 14.9. The molecule has 116 valence electrons. The first-order chi connectivity index (χ1) is 10.1. The first kappa shape index (κ1) is 14.9. The molecule has 3 N–H and O–H groups in total. The highest BCUT2D eigenvalue weighted by Gasteiger charge is 2.43. The summed E-state index contributed by atoms with van der Waals surface area (Å²) in [6.45, 7) is 2.19. The van der Waals surface area contributed by atoms with E-state index in [-0.39, 0.29) is 11.9 Å². The van der Waals surface area contributed by atoms with E-state index in [0.29, 0.717) is 12.5 Å². The first-order valence-corrected chi connectivity index (χ1v) is 8.04. The van der Waals surface area contributed by atoms with Crippen molar-refractivity contribution in [2.24, 2.45) is 11.7 Å². The monoisotopic (exact) mass is 292 g/mol. The lowest BCUT2D eigenvalue weighted by Gasteiger charge is -2.49. The summed E-state index contributed by atoms with van der Waals surface area (Å²) in [6.07, 6.45) is 5.17. The maximum absolute atomic E-state index is 13.5. The van der Waals surface area contributed by atoms with Gasteiger partial charge in [-0.3, -0.25) is 4.90 Å². The Morgan fingerprint density at radius 1 is 1.38 bits per heavy atom. The van der Waals surface area contributed by atoms with Crippen LogP contribution in [0.15, 0.2) is 24.3 Å². The molecule has 1 aromatic carbocycles. The minimum Gasteiger partial charge on any atom is -0.390 e. The largest absolute Gasteiger partial charge is 0.390 e. The molecule has 1 heterocycles. The van der Waals surface area contributed by atoms with Crippen molar-refractivity contribution in [3.63, 3.8) is 0 Å². The predicted molar refractivity (Wildman–Crippen MR) is 81.3 cm³/mol. The number of benzene rings is 1. The number of likely N-dealkylation sites (tertiary alicyclic amines) is 1. The lowest BCUT2D eigenvalue weighted by molar-refractivity contribution is -0.102. The van der Waals surface area contributed by atoms with Crippen molar-refractivity contribution in [2.45, 2.75) is 43.7 Å². The number of fused-ring (bicyclic) bond motifs is 1. The van der Waals surface area contributed by atoms with Crippen LogP contribution in [-0.4, -0.2) is 35.2 Å². The fourth-order valence-corrected chi connectivity index (χ4v) is 4.09. The molecule has 21 heavy (non-hydrogen) atoms. The lowest BCUT2D eigenvalue weighted by Crippen LogP contribution is -2.54. The summed E-state index contributed by atoms with van der Waals surface area (Å²) < 4.78 is 13.5. The van der Waals surface area contributed by atoms with E-state index in [4.69, 9.17) is 5.73 Å². The molecular weight excluding hydrogens is 267 g/mol. The van der Waals surface area contributed by atoms with E-state index < -0.39 is 5.60 Å². The van der Waals surface area contributed by atoms with Crippen LogP contribution >= 0.6 is 0 Å². The summed E-state index contributed by atoms with van der Waals surface area (Å²) in [6, 6.07) is 6.79. The zero-order valence-electron chi connectivity index (χ0n) is 12.5. The van der Waals surface area contributed by atoms with Crippen LogP contribution in [0, 0.1) is 11.7 Å². The van der Waals surface area contributed by atoms with Gasteiger partial charge < -0.3 is 10.8 Å². The summed E-state index contributed by atoms with van der Waals surface area (Å²) in [5, 5.41) is 10.8. The molecule has 3 unspecified atom stereocenters. The highest BCUT2D eigenvalue weighted by Crippen LogP contribution is 2.41. The van der Waals surface area contributed by atoms with E-state index in [1.807, 2.05) is 6.07 Å². The number of hydrogen-bond donors (Lipinski definition) is 2. The van der Waals surface area contributed by atoms with Crippen LogP contribution in [0.4, 0.5) is 4.39 Å². The van der Waals surface area contributed by atoms with Gasteiger partial charge in [0.2, 0.25) is 0 Å². The second-order valence-electron chi connectivity index (χ2n) is 6.60. The van der Waals surface area contributed by atoms with Crippen LogP contribution in [0.3, 0.4) is 0 Å². The molecule has 0 radical (unpaired) electrons. The third-order valence-corrected chi connectivity index (χ3v) is 5.36. The Hall–Kier alpha value is -0.970. The number of hydrogen-bond acceptors (Lipinski definition) is 3. The van der Waals surface area contributed by atoms with Gasteiger partial charge in [0.05, 0.1) is 5.60 Å². The van der Waals surface area contributed by atoms with E-state index in [1.54, 1.807) is 12.1 Å². The second kappa shape index (κ2) is 6.03. The van der Waals surface area contributed by atoms with Gasteiger partial charge in [-0.05, 0) is 37.0 Å². The van der Waals surface area contributed by atoms with Gasteiger partial charge >= 0.3 is 0 Å². The number of halogens is 1. The SMILES string of the molecule is NCC(c1cccc(F)c1)N1CCC2(O)CCCCC2C1. The summed E-state index contributed by atoms with van der Waals surface area (Å²) in [4.78, 5) is 2.33. The molecule has 3 atom stereocenters. The first-order valence-electron chi connectivity index (χ1n) is 8.04. The van der Waals surface area contributed by atoms with Crippen molar-refractivity contribution < 1.29 is 9.50 Å². The quantitative estimate of drug-likeness (QED) is 0.899. The summed E-state index contributed by atoms with van der Waals surface area (Å²) in [7, 11) is 0. The van der Waals surface area contributed by atoms with Gasteiger partial charge in [0.25, 0.3) is 0 Å². The Morgan fingerprint density at radius 3 is 3.00 bits per heavy atom. The summed E-state index contributed by atoms with van der Waals surface area (Å²) >= 11 is 0. The van der Waals surface area contributed by atoms with E-state index in [9.17, 15) is 9.50 Å². The number of nitrogens with two attached hydrogens (primary N) is 1. The number of piperidine rings is 1. The summed E-state index contributed by atoms with van der Waals surface area (Å²) in [5.74, 6) is 0.125. The fraction of sp³-hybridized carbons (Fsp3) is 0.647. The minimum atomic E-state index is -0.476. The van der Waals surface area contributed by atoms with Crippen LogP contribution in [-0.2, 0) is 0 Å². The van der Waals surface area contributed by atoms with Crippen molar-refractivity contribution in [3.8, 4) is 0 Å². The molecular formula is C17H25FN2O.